The van der Waals surface area contributed by atoms with E-state index in [0.29, 0.717) is 28.6 Å². The number of ketones is 1. The van der Waals surface area contributed by atoms with Crippen molar-refractivity contribution in [2.24, 2.45) is 5.92 Å². The molecule has 7 heteroatoms. The fourth-order valence-corrected chi connectivity index (χ4v) is 3.67. The maximum Gasteiger partial charge on any atom is 0.260 e. The third kappa shape index (κ3) is 3.63. The smallest absolute Gasteiger partial charge is 0.260 e. The van der Waals surface area contributed by atoms with E-state index >= 15 is 0 Å². The average Bonchev–Trinajstić information content (AvgIpc) is 2.84. The van der Waals surface area contributed by atoms with Crippen LogP contribution in [0.5, 0.6) is 0 Å². The highest BCUT2D eigenvalue weighted by Gasteiger charge is 2.28. The van der Waals surface area contributed by atoms with Crippen LogP contribution in [-0.2, 0) is 0 Å². The fourth-order valence-electron chi connectivity index (χ4n) is 3.67. The SMILES string of the molecule is Cc1cc(C(=O)C(C)C)ccc1Nc1ncc2c(n1)N(C)c1ccccc1C(=O)N2C. The van der Waals surface area contributed by atoms with Gasteiger partial charge in [0.15, 0.2) is 11.6 Å². The summed E-state index contributed by atoms with van der Waals surface area (Å²) in [7, 11) is 3.61. The monoisotopic (exact) mass is 415 g/mol. The Bertz CT molecular complexity index is 1190. The maximum absolute atomic E-state index is 12.9. The molecule has 0 radical (unpaired) electrons. The first-order valence-electron chi connectivity index (χ1n) is 10.2. The van der Waals surface area contributed by atoms with Crippen LogP contribution in [0, 0.1) is 12.8 Å². The van der Waals surface area contributed by atoms with E-state index in [0.717, 1.165) is 16.9 Å². The number of Topliss-reactive ketones (excluding diaryl/α,β-unsaturated/α-hetero) is 1. The van der Waals surface area contributed by atoms with E-state index in [-0.39, 0.29) is 17.6 Å². The molecule has 0 spiro atoms. The van der Waals surface area contributed by atoms with Crippen molar-refractivity contribution >= 4 is 40.5 Å². The van der Waals surface area contributed by atoms with E-state index in [4.69, 9.17) is 4.98 Å². The zero-order chi connectivity index (χ0) is 22.3. The molecule has 1 aliphatic rings. The number of aryl methyl sites for hydroxylation is 1. The van der Waals surface area contributed by atoms with Gasteiger partial charge in [0.2, 0.25) is 5.95 Å². The van der Waals surface area contributed by atoms with Gasteiger partial charge in [-0.3, -0.25) is 9.59 Å². The summed E-state index contributed by atoms with van der Waals surface area (Å²) in [6.07, 6.45) is 1.65. The number of carbonyl (C=O) groups is 2. The molecule has 7 nitrogen and oxygen atoms in total. The quantitative estimate of drug-likeness (QED) is 0.621. The first-order valence-corrected chi connectivity index (χ1v) is 10.2. The van der Waals surface area contributed by atoms with Crippen molar-refractivity contribution in [1.29, 1.82) is 0 Å². The molecule has 1 N–H and O–H groups in total. The Labute approximate surface area is 181 Å². The van der Waals surface area contributed by atoms with E-state index in [1.807, 2.05) is 75.2 Å². The zero-order valence-electron chi connectivity index (χ0n) is 18.3. The molecule has 0 atom stereocenters. The predicted molar refractivity (Wildman–Crippen MR) is 123 cm³/mol. The number of para-hydroxylation sites is 1. The Morgan fingerprint density at radius 2 is 1.77 bits per heavy atom. The van der Waals surface area contributed by atoms with Crippen LogP contribution in [0.15, 0.2) is 48.7 Å². The van der Waals surface area contributed by atoms with Crippen LogP contribution in [-0.4, -0.2) is 35.8 Å². The second kappa shape index (κ2) is 7.83. The van der Waals surface area contributed by atoms with Crippen LogP contribution in [0.2, 0.25) is 0 Å². The van der Waals surface area contributed by atoms with Gasteiger partial charge in [0.05, 0.1) is 17.4 Å². The molecule has 0 fully saturated rings. The minimum absolute atomic E-state index is 0.0516. The van der Waals surface area contributed by atoms with Crippen molar-refractivity contribution in [1.82, 2.24) is 9.97 Å². The summed E-state index contributed by atoms with van der Waals surface area (Å²) in [6, 6.07) is 13.0. The molecule has 3 aromatic rings. The van der Waals surface area contributed by atoms with E-state index in [2.05, 4.69) is 10.3 Å². The van der Waals surface area contributed by atoms with E-state index in [9.17, 15) is 9.59 Å². The number of amides is 1. The average molecular weight is 415 g/mol. The number of nitrogens with one attached hydrogen (secondary N) is 1. The van der Waals surface area contributed by atoms with Crippen molar-refractivity contribution < 1.29 is 9.59 Å². The summed E-state index contributed by atoms with van der Waals surface area (Å²) in [5.41, 5.74) is 4.47. The van der Waals surface area contributed by atoms with Gasteiger partial charge in [-0.05, 0) is 42.8 Å². The van der Waals surface area contributed by atoms with Crippen molar-refractivity contribution in [3.8, 4) is 0 Å². The number of nitrogens with zero attached hydrogens (tertiary/aromatic N) is 4. The van der Waals surface area contributed by atoms with Crippen molar-refractivity contribution in [2.75, 3.05) is 29.2 Å². The van der Waals surface area contributed by atoms with Crippen molar-refractivity contribution in [3.63, 3.8) is 0 Å². The summed E-state index contributed by atoms with van der Waals surface area (Å²) in [4.78, 5) is 37.8. The van der Waals surface area contributed by atoms with E-state index in [1.54, 1.807) is 18.1 Å². The first-order chi connectivity index (χ1) is 14.8. The number of benzene rings is 2. The van der Waals surface area contributed by atoms with E-state index in [1.165, 1.54) is 0 Å². The number of aromatic nitrogens is 2. The Balaban J connectivity index is 1.70. The molecule has 0 unspecified atom stereocenters. The highest BCUT2D eigenvalue weighted by Crippen LogP contribution is 2.38. The molecule has 4 rings (SSSR count). The summed E-state index contributed by atoms with van der Waals surface area (Å²) in [6.45, 7) is 5.73. The maximum atomic E-state index is 12.9. The molecule has 158 valence electrons. The molecule has 0 bridgehead atoms. The molecule has 31 heavy (non-hydrogen) atoms. The van der Waals surface area contributed by atoms with Crippen molar-refractivity contribution in [3.05, 3.63) is 65.4 Å². The van der Waals surface area contributed by atoms with Gasteiger partial charge in [-0.25, -0.2) is 4.98 Å². The standard InChI is InChI=1S/C24H25N5O2/c1-14(2)21(30)16-10-11-18(15(3)12-16)26-24-25-13-20-22(27-24)28(4)19-9-7-6-8-17(19)23(31)29(20)5/h6-14H,1-5H3,(H,25,26,27). The number of hydrogen-bond acceptors (Lipinski definition) is 6. The highest BCUT2D eigenvalue weighted by molar-refractivity contribution is 6.13. The number of anilines is 5. The van der Waals surface area contributed by atoms with Crippen LogP contribution in [0.1, 0.15) is 40.1 Å². The molecule has 2 heterocycles. The van der Waals surface area contributed by atoms with Crippen LogP contribution in [0.4, 0.5) is 28.8 Å². The molecule has 1 amide bonds. The number of fused-ring (bicyclic) bond motifs is 2. The highest BCUT2D eigenvalue weighted by atomic mass is 16.2. The Morgan fingerprint density at radius 1 is 1.03 bits per heavy atom. The minimum Gasteiger partial charge on any atom is -0.327 e. The van der Waals surface area contributed by atoms with Gasteiger partial charge in [-0.1, -0.05) is 26.0 Å². The lowest BCUT2D eigenvalue weighted by Crippen LogP contribution is -2.25. The third-order valence-corrected chi connectivity index (χ3v) is 5.51. The number of hydrogen-bond donors (Lipinski definition) is 1. The predicted octanol–water partition coefficient (Wildman–Crippen LogP) is 4.73. The fraction of sp³-hybridized carbons (Fsp3) is 0.250. The normalized spacial score (nSPS) is 13.0. The van der Waals surface area contributed by atoms with Gasteiger partial charge >= 0.3 is 0 Å². The van der Waals surface area contributed by atoms with Crippen LogP contribution in [0.25, 0.3) is 0 Å². The Hall–Kier alpha value is -3.74. The van der Waals surface area contributed by atoms with E-state index < -0.39 is 0 Å². The molecule has 1 aromatic heterocycles. The Morgan fingerprint density at radius 3 is 2.48 bits per heavy atom. The summed E-state index contributed by atoms with van der Waals surface area (Å²) in [5.74, 6) is 0.999. The van der Waals surface area contributed by atoms with Gasteiger partial charge < -0.3 is 15.1 Å². The summed E-state index contributed by atoms with van der Waals surface area (Å²) < 4.78 is 0. The molecule has 0 saturated carbocycles. The van der Waals surface area contributed by atoms with Crippen LogP contribution >= 0.6 is 0 Å². The lowest BCUT2D eigenvalue weighted by Gasteiger charge is -2.21. The van der Waals surface area contributed by atoms with Gasteiger partial charge in [0.1, 0.15) is 5.69 Å². The molecule has 0 aliphatic carbocycles. The second-order valence-corrected chi connectivity index (χ2v) is 8.02. The lowest BCUT2D eigenvalue weighted by molar-refractivity contribution is 0.0938. The lowest BCUT2D eigenvalue weighted by atomic mass is 9.99. The number of rotatable bonds is 4. The van der Waals surface area contributed by atoms with Crippen LogP contribution in [0.3, 0.4) is 0 Å². The second-order valence-electron chi connectivity index (χ2n) is 8.02. The summed E-state index contributed by atoms with van der Waals surface area (Å²) >= 11 is 0. The van der Waals surface area contributed by atoms with Gasteiger partial charge in [-0.2, -0.15) is 4.98 Å². The first kappa shape index (κ1) is 20.5. The van der Waals surface area contributed by atoms with Gasteiger partial charge in [-0.15, -0.1) is 0 Å². The molecule has 1 aliphatic heterocycles. The molecule has 2 aromatic carbocycles. The molecular weight excluding hydrogens is 390 g/mol. The zero-order valence-corrected chi connectivity index (χ0v) is 18.3. The third-order valence-electron chi connectivity index (χ3n) is 5.51. The topological polar surface area (TPSA) is 78.4 Å². The largest absolute Gasteiger partial charge is 0.327 e. The van der Waals surface area contributed by atoms with Gasteiger partial charge in [0.25, 0.3) is 5.91 Å². The number of carbonyl (C=O) groups excluding carboxylic acids is 2. The van der Waals surface area contributed by atoms with Crippen molar-refractivity contribution in [2.45, 2.75) is 20.8 Å². The van der Waals surface area contributed by atoms with Gasteiger partial charge in [0, 0.05) is 31.3 Å². The minimum atomic E-state index is -0.105. The molecular formula is C24H25N5O2. The van der Waals surface area contributed by atoms with Crippen LogP contribution < -0.4 is 15.1 Å². The summed E-state index contributed by atoms with van der Waals surface area (Å²) in [5, 5.41) is 3.25. The molecule has 0 saturated heterocycles. The Kier molecular flexibility index (Phi) is 5.19.